The molecule has 0 saturated carbocycles. The fraction of sp³-hybridized carbons (Fsp3) is 0.0800. The maximum atomic E-state index is 13.9. The van der Waals surface area contributed by atoms with Crippen molar-refractivity contribution in [1.29, 1.82) is 0 Å². The number of hydrogen-bond acceptors (Lipinski definition) is 5. The minimum atomic E-state index is -0.558. The van der Waals surface area contributed by atoms with Crippen LogP contribution in [0, 0.1) is 5.82 Å². The molecule has 3 amide bonds. The van der Waals surface area contributed by atoms with E-state index in [1.165, 1.54) is 12.1 Å². The van der Waals surface area contributed by atoms with E-state index in [2.05, 4.69) is 5.32 Å². The van der Waals surface area contributed by atoms with Crippen LogP contribution >= 0.6 is 11.8 Å². The molecule has 8 heteroatoms. The van der Waals surface area contributed by atoms with Crippen molar-refractivity contribution in [2.75, 3.05) is 11.9 Å². The number of para-hydroxylation sites is 2. The zero-order valence-corrected chi connectivity index (χ0v) is 18.2. The Balaban J connectivity index is 1.46. The molecular formula is C25H19FN2O4S. The van der Waals surface area contributed by atoms with E-state index in [1.54, 1.807) is 66.7 Å². The molecule has 0 unspecified atom stereocenters. The molecule has 1 saturated heterocycles. The number of carbonyl (C=O) groups excluding carboxylic acids is 3. The van der Waals surface area contributed by atoms with Crippen LogP contribution in [0.1, 0.15) is 11.1 Å². The highest BCUT2D eigenvalue weighted by Gasteiger charge is 2.36. The number of benzene rings is 3. The van der Waals surface area contributed by atoms with Gasteiger partial charge in [-0.2, -0.15) is 0 Å². The normalized spacial score (nSPS) is 14.6. The zero-order valence-electron chi connectivity index (χ0n) is 17.4. The first-order chi connectivity index (χ1) is 16.0. The number of hydrogen-bond donors (Lipinski definition) is 1. The molecule has 0 aromatic heterocycles. The summed E-state index contributed by atoms with van der Waals surface area (Å²) in [7, 11) is 0. The highest BCUT2D eigenvalue weighted by molar-refractivity contribution is 8.18. The number of imide groups is 1. The highest BCUT2D eigenvalue weighted by Crippen LogP contribution is 2.34. The van der Waals surface area contributed by atoms with Crippen LogP contribution in [0.3, 0.4) is 0 Å². The Hall–Kier alpha value is -3.91. The van der Waals surface area contributed by atoms with Gasteiger partial charge in [0, 0.05) is 16.8 Å². The molecule has 1 aliphatic rings. The lowest BCUT2D eigenvalue weighted by molar-refractivity contribution is -0.127. The lowest BCUT2D eigenvalue weighted by Crippen LogP contribution is -2.36. The molecule has 3 aromatic carbocycles. The summed E-state index contributed by atoms with van der Waals surface area (Å²) < 4.78 is 19.7. The Morgan fingerprint density at radius 1 is 0.970 bits per heavy atom. The second-order valence-electron chi connectivity index (χ2n) is 7.10. The Morgan fingerprint density at radius 3 is 2.45 bits per heavy atom. The smallest absolute Gasteiger partial charge is 0.294 e. The van der Waals surface area contributed by atoms with Crippen molar-refractivity contribution in [2.45, 2.75) is 6.61 Å². The number of carbonyl (C=O) groups is 3. The Labute approximate surface area is 194 Å². The molecule has 3 aromatic rings. The number of rotatable bonds is 7. The third-order valence-electron chi connectivity index (χ3n) is 4.78. The second kappa shape index (κ2) is 10.1. The van der Waals surface area contributed by atoms with Crippen LogP contribution < -0.4 is 10.1 Å². The van der Waals surface area contributed by atoms with Crippen molar-refractivity contribution < 1.29 is 23.5 Å². The van der Waals surface area contributed by atoms with Gasteiger partial charge in [-0.25, -0.2) is 4.39 Å². The summed E-state index contributed by atoms with van der Waals surface area (Å²) in [5.41, 5.74) is 1.54. The van der Waals surface area contributed by atoms with Crippen LogP contribution in [0.25, 0.3) is 6.08 Å². The van der Waals surface area contributed by atoms with Crippen molar-refractivity contribution in [3.8, 4) is 5.75 Å². The van der Waals surface area contributed by atoms with Crippen molar-refractivity contribution in [1.82, 2.24) is 4.90 Å². The predicted octanol–water partition coefficient (Wildman–Crippen LogP) is 5.08. The molecule has 1 N–H and O–H groups in total. The van der Waals surface area contributed by atoms with E-state index in [-0.39, 0.29) is 23.9 Å². The third-order valence-corrected chi connectivity index (χ3v) is 5.69. The molecule has 1 heterocycles. The molecule has 1 fully saturated rings. The van der Waals surface area contributed by atoms with E-state index in [1.807, 2.05) is 6.07 Å². The van der Waals surface area contributed by atoms with Crippen molar-refractivity contribution in [3.63, 3.8) is 0 Å². The summed E-state index contributed by atoms with van der Waals surface area (Å²) in [5, 5.41) is 2.13. The summed E-state index contributed by atoms with van der Waals surface area (Å²) in [5.74, 6) is -0.963. The molecular weight excluding hydrogens is 443 g/mol. The van der Waals surface area contributed by atoms with Gasteiger partial charge in [-0.15, -0.1) is 0 Å². The van der Waals surface area contributed by atoms with E-state index >= 15 is 0 Å². The minimum absolute atomic E-state index is 0.0126. The van der Waals surface area contributed by atoms with Gasteiger partial charge in [0.2, 0.25) is 5.91 Å². The van der Waals surface area contributed by atoms with Crippen molar-refractivity contribution in [2.24, 2.45) is 0 Å². The Morgan fingerprint density at radius 2 is 1.67 bits per heavy atom. The van der Waals surface area contributed by atoms with Gasteiger partial charge in [0.15, 0.2) is 0 Å². The van der Waals surface area contributed by atoms with E-state index in [9.17, 15) is 18.8 Å². The molecule has 0 radical (unpaired) electrons. The van der Waals surface area contributed by atoms with Crippen molar-refractivity contribution >= 4 is 40.6 Å². The lowest BCUT2D eigenvalue weighted by atomic mass is 10.1. The Bertz CT molecular complexity index is 1230. The van der Waals surface area contributed by atoms with Crippen LogP contribution in [0.2, 0.25) is 0 Å². The lowest BCUT2D eigenvalue weighted by Gasteiger charge is -2.12. The molecule has 0 atom stereocenters. The molecule has 0 aliphatic carbocycles. The highest BCUT2D eigenvalue weighted by atomic mass is 32.2. The third kappa shape index (κ3) is 5.48. The summed E-state index contributed by atoms with van der Waals surface area (Å²) in [6.45, 7) is -0.374. The number of halogens is 1. The topological polar surface area (TPSA) is 75.7 Å². The average molecular weight is 463 g/mol. The monoisotopic (exact) mass is 462 g/mol. The fourth-order valence-electron chi connectivity index (χ4n) is 3.15. The van der Waals surface area contributed by atoms with Crippen LogP contribution in [-0.4, -0.2) is 28.5 Å². The van der Waals surface area contributed by atoms with E-state index in [4.69, 9.17) is 4.74 Å². The molecule has 0 spiro atoms. The van der Waals surface area contributed by atoms with Gasteiger partial charge in [0.05, 0.1) is 4.91 Å². The number of nitrogens with one attached hydrogen (secondary N) is 1. The van der Waals surface area contributed by atoms with Gasteiger partial charge in [-0.3, -0.25) is 19.3 Å². The molecule has 166 valence electrons. The van der Waals surface area contributed by atoms with Gasteiger partial charge >= 0.3 is 0 Å². The molecule has 6 nitrogen and oxygen atoms in total. The molecule has 4 rings (SSSR count). The van der Waals surface area contributed by atoms with E-state index in [0.29, 0.717) is 22.6 Å². The summed E-state index contributed by atoms with van der Waals surface area (Å²) in [4.78, 5) is 38.5. The van der Waals surface area contributed by atoms with Gasteiger partial charge in [0.1, 0.15) is 24.7 Å². The van der Waals surface area contributed by atoms with Crippen LogP contribution in [0.15, 0.2) is 83.8 Å². The predicted molar refractivity (Wildman–Crippen MR) is 125 cm³/mol. The number of thioether (sulfide) groups is 1. The van der Waals surface area contributed by atoms with Crippen LogP contribution in [0.4, 0.5) is 14.9 Å². The summed E-state index contributed by atoms with van der Waals surface area (Å²) >= 11 is 0.754. The maximum Gasteiger partial charge on any atom is 0.294 e. The van der Waals surface area contributed by atoms with Gasteiger partial charge in [-0.1, -0.05) is 54.6 Å². The van der Waals surface area contributed by atoms with Crippen molar-refractivity contribution in [3.05, 3.63) is 101 Å². The standard InChI is InChI=1S/C25H19FN2O4S/c26-20-12-6-4-9-18(20)16-32-21-13-7-5-8-17(21)14-22-24(30)28(25(31)33-22)15-23(29)27-19-10-2-1-3-11-19/h1-14H,15-16H2,(H,27,29)/b22-14-. The average Bonchev–Trinajstić information content (AvgIpc) is 3.07. The summed E-state index contributed by atoms with van der Waals surface area (Å²) in [6, 6.07) is 22.0. The van der Waals surface area contributed by atoms with Gasteiger partial charge < -0.3 is 10.1 Å². The Kier molecular flexibility index (Phi) is 6.85. The largest absolute Gasteiger partial charge is 0.488 e. The first-order valence-corrected chi connectivity index (χ1v) is 10.9. The first-order valence-electron chi connectivity index (χ1n) is 10.1. The van der Waals surface area contributed by atoms with Crippen LogP contribution in [-0.2, 0) is 16.2 Å². The van der Waals surface area contributed by atoms with Gasteiger partial charge in [0.25, 0.3) is 11.1 Å². The van der Waals surface area contributed by atoms with E-state index < -0.39 is 17.1 Å². The number of ether oxygens (including phenoxy) is 1. The maximum absolute atomic E-state index is 13.9. The molecule has 33 heavy (non-hydrogen) atoms. The fourth-order valence-corrected chi connectivity index (χ4v) is 3.97. The van der Waals surface area contributed by atoms with Gasteiger partial charge in [-0.05, 0) is 42.1 Å². The summed E-state index contributed by atoms with van der Waals surface area (Å²) in [6.07, 6.45) is 1.54. The quantitative estimate of drug-likeness (QED) is 0.496. The second-order valence-corrected chi connectivity index (χ2v) is 8.09. The van der Waals surface area contributed by atoms with Crippen LogP contribution in [0.5, 0.6) is 5.75 Å². The number of anilines is 1. The number of amides is 3. The zero-order chi connectivity index (χ0) is 23.2. The first kappa shape index (κ1) is 22.3. The molecule has 1 aliphatic heterocycles. The number of nitrogens with zero attached hydrogens (tertiary/aromatic N) is 1. The minimum Gasteiger partial charge on any atom is -0.488 e. The SMILES string of the molecule is O=C(CN1C(=O)S/C(=C\c2ccccc2OCc2ccccc2F)C1=O)Nc1ccccc1. The molecule has 0 bridgehead atoms. The van der Waals surface area contributed by atoms with E-state index in [0.717, 1.165) is 16.7 Å².